The van der Waals surface area contributed by atoms with Gasteiger partial charge < -0.3 is 14.7 Å². The van der Waals surface area contributed by atoms with E-state index in [9.17, 15) is 10.1 Å². The standard InChI is InChI=1S/C5H7N3O2S.B/c1-7-3-6-4(8(9)10)5(7)11-2;/h3H,1-2H3;. The molecule has 3 radical (unpaired) electrons. The first-order valence-electron chi connectivity index (χ1n) is 2.86. The van der Waals surface area contributed by atoms with E-state index in [2.05, 4.69) is 4.98 Å². The zero-order chi connectivity index (χ0) is 8.43. The van der Waals surface area contributed by atoms with Crippen molar-refractivity contribution >= 4 is 26.0 Å². The summed E-state index contributed by atoms with van der Waals surface area (Å²) in [5.41, 5.74) is 0. The fraction of sp³-hybridized carbons (Fsp3) is 0.400. The minimum atomic E-state index is -0.480. The molecule has 0 unspecified atom stereocenters. The predicted octanol–water partition coefficient (Wildman–Crippen LogP) is 0.669. The van der Waals surface area contributed by atoms with Crippen LogP contribution < -0.4 is 0 Å². The van der Waals surface area contributed by atoms with Crippen molar-refractivity contribution in [1.29, 1.82) is 0 Å². The average molecular weight is 184 g/mol. The van der Waals surface area contributed by atoms with Gasteiger partial charge in [-0.2, -0.15) is 0 Å². The normalized spacial score (nSPS) is 9.17. The first-order chi connectivity index (χ1) is 5.16. The zero-order valence-corrected chi connectivity index (χ0v) is 7.54. The Kier molecular flexibility index (Phi) is 3.81. The van der Waals surface area contributed by atoms with Crippen molar-refractivity contribution in [1.82, 2.24) is 9.55 Å². The minimum Gasteiger partial charge on any atom is -0.358 e. The van der Waals surface area contributed by atoms with Crippen molar-refractivity contribution in [2.45, 2.75) is 5.03 Å². The molecule has 0 fully saturated rings. The summed E-state index contributed by atoms with van der Waals surface area (Å²) in [4.78, 5) is 13.5. The molecule has 0 amide bonds. The lowest BCUT2D eigenvalue weighted by molar-refractivity contribution is -0.392. The van der Waals surface area contributed by atoms with Gasteiger partial charge >= 0.3 is 5.82 Å². The van der Waals surface area contributed by atoms with Crippen molar-refractivity contribution < 1.29 is 4.92 Å². The summed E-state index contributed by atoms with van der Waals surface area (Å²) in [5.74, 6) is -0.0694. The molecular weight excluding hydrogens is 177 g/mol. The molecule has 5 nitrogen and oxygen atoms in total. The van der Waals surface area contributed by atoms with E-state index in [4.69, 9.17) is 0 Å². The summed E-state index contributed by atoms with van der Waals surface area (Å²) < 4.78 is 1.63. The van der Waals surface area contributed by atoms with E-state index in [0.29, 0.717) is 5.03 Å². The van der Waals surface area contributed by atoms with Crippen LogP contribution in [0.2, 0.25) is 0 Å². The monoisotopic (exact) mass is 184 g/mol. The maximum Gasteiger partial charge on any atom is 0.395 e. The summed E-state index contributed by atoms with van der Waals surface area (Å²) in [5, 5.41) is 10.9. The van der Waals surface area contributed by atoms with Gasteiger partial charge in [-0.1, -0.05) is 0 Å². The van der Waals surface area contributed by atoms with Crippen molar-refractivity contribution in [3.63, 3.8) is 0 Å². The second kappa shape index (κ2) is 4.15. The third kappa shape index (κ3) is 1.79. The van der Waals surface area contributed by atoms with E-state index in [0.717, 1.165) is 0 Å². The van der Waals surface area contributed by atoms with Crippen LogP contribution in [0.1, 0.15) is 0 Å². The predicted molar refractivity (Wildman–Crippen MR) is 47.4 cm³/mol. The van der Waals surface area contributed by atoms with Crippen LogP contribution in [0.5, 0.6) is 0 Å². The van der Waals surface area contributed by atoms with Crippen LogP contribution in [0.25, 0.3) is 0 Å². The van der Waals surface area contributed by atoms with E-state index in [1.807, 2.05) is 0 Å². The van der Waals surface area contributed by atoms with Gasteiger partial charge in [0.05, 0.1) is 0 Å². The number of nitrogens with zero attached hydrogens (tertiary/aromatic N) is 3. The number of thioether (sulfide) groups is 1. The molecule has 0 atom stereocenters. The zero-order valence-electron chi connectivity index (χ0n) is 6.72. The Morgan fingerprint density at radius 3 is 2.67 bits per heavy atom. The van der Waals surface area contributed by atoms with E-state index >= 15 is 0 Å². The van der Waals surface area contributed by atoms with E-state index in [-0.39, 0.29) is 14.2 Å². The van der Waals surface area contributed by atoms with Gasteiger partial charge in [0.1, 0.15) is 0 Å². The summed E-state index contributed by atoms with van der Waals surface area (Å²) in [6, 6.07) is 0. The van der Waals surface area contributed by atoms with Gasteiger partial charge in [-0.05, 0) is 16.2 Å². The topological polar surface area (TPSA) is 61.0 Å². The van der Waals surface area contributed by atoms with Crippen LogP contribution in [0.4, 0.5) is 5.82 Å². The molecule has 0 spiro atoms. The molecule has 0 aliphatic rings. The number of hydrogen-bond acceptors (Lipinski definition) is 4. The number of nitro groups is 1. The smallest absolute Gasteiger partial charge is 0.358 e. The van der Waals surface area contributed by atoms with Crippen LogP contribution in [0.3, 0.4) is 0 Å². The lowest BCUT2D eigenvalue weighted by Gasteiger charge is -1.94. The molecule has 0 bridgehead atoms. The van der Waals surface area contributed by atoms with Crippen LogP contribution in [0.15, 0.2) is 11.4 Å². The molecule has 1 aromatic rings. The molecule has 0 aromatic carbocycles. The lowest BCUT2D eigenvalue weighted by Crippen LogP contribution is -1.92. The van der Waals surface area contributed by atoms with Crippen molar-refractivity contribution in [3.8, 4) is 0 Å². The second-order valence-corrected chi connectivity index (χ2v) is 2.74. The summed E-state index contributed by atoms with van der Waals surface area (Å²) in [7, 11) is 1.73. The summed E-state index contributed by atoms with van der Waals surface area (Å²) in [6.07, 6.45) is 3.22. The Morgan fingerprint density at radius 1 is 1.75 bits per heavy atom. The molecule has 7 heteroatoms. The van der Waals surface area contributed by atoms with Crippen molar-refractivity contribution in [3.05, 3.63) is 16.4 Å². The quantitative estimate of drug-likeness (QED) is 0.293. The van der Waals surface area contributed by atoms with Gasteiger partial charge in [0.15, 0.2) is 5.03 Å². The highest BCUT2D eigenvalue weighted by Crippen LogP contribution is 2.24. The van der Waals surface area contributed by atoms with Crippen molar-refractivity contribution in [2.75, 3.05) is 6.26 Å². The highest BCUT2D eigenvalue weighted by molar-refractivity contribution is 7.98. The molecule has 0 saturated heterocycles. The Balaban J connectivity index is 0.00000121. The average Bonchev–Trinajstić information content (AvgIpc) is 2.30. The van der Waals surface area contributed by atoms with E-state index in [1.54, 1.807) is 17.9 Å². The number of aryl methyl sites for hydroxylation is 1. The molecule has 0 saturated carbocycles. The maximum atomic E-state index is 10.3. The maximum absolute atomic E-state index is 10.3. The first-order valence-corrected chi connectivity index (χ1v) is 4.09. The Hall–Kier alpha value is -0.975. The van der Waals surface area contributed by atoms with Crippen LogP contribution >= 0.6 is 11.8 Å². The largest absolute Gasteiger partial charge is 0.395 e. The molecule has 12 heavy (non-hydrogen) atoms. The molecule has 1 heterocycles. The Morgan fingerprint density at radius 2 is 2.33 bits per heavy atom. The second-order valence-electron chi connectivity index (χ2n) is 1.95. The van der Waals surface area contributed by atoms with Gasteiger partial charge in [-0.25, -0.2) is 0 Å². The van der Waals surface area contributed by atoms with Gasteiger partial charge in [-0.3, -0.25) is 0 Å². The minimum absolute atomic E-state index is 0. The molecule has 1 aromatic heterocycles. The third-order valence-electron chi connectivity index (χ3n) is 1.23. The van der Waals surface area contributed by atoms with Crippen LogP contribution in [0, 0.1) is 10.1 Å². The Bertz CT molecular complexity index is 288. The fourth-order valence-corrected chi connectivity index (χ4v) is 1.41. The molecule has 1 rings (SSSR count). The highest BCUT2D eigenvalue weighted by atomic mass is 32.2. The molecular formula is C5H7BN3O2S. The summed E-state index contributed by atoms with van der Waals surface area (Å²) in [6.45, 7) is 0. The first kappa shape index (κ1) is 11.0. The van der Waals surface area contributed by atoms with Gasteiger partial charge in [0.2, 0.25) is 6.33 Å². The number of hydrogen-bond donors (Lipinski definition) is 0. The molecule has 0 aliphatic carbocycles. The lowest BCUT2D eigenvalue weighted by atomic mass is 10.8. The SMILES string of the molecule is CSc1c([N+](=O)[O-])ncn1C.[B]. The molecule has 63 valence electrons. The van der Waals surface area contributed by atoms with Gasteiger partial charge in [0.25, 0.3) is 0 Å². The van der Waals surface area contributed by atoms with Crippen molar-refractivity contribution in [2.24, 2.45) is 7.05 Å². The van der Waals surface area contributed by atoms with Gasteiger partial charge in [0, 0.05) is 15.5 Å². The fourth-order valence-electron chi connectivity index (χ4n) is 0.767. The van der Waals surface area contributed by atoms with Crippen LogP contribution in [-0.2, 0) is 7.05 Å². The third-order valence-corrected chi connectivity index (χ3v) is 2.09. The number of aromatic nitrogens is 2. The van der Waals surface area contributed by atoms with E-state index < -0.39 is 4.92 Å². The summed E-state index contributed by atoms with van der Waals surface area (Å²) >= 11 is 1.32. The van der Waals surface area contributed by atoms with Crippen LogP contribution in [-0.4, -0.2) is 29.1 Å². The molecule has 0 aliphatic heterocycles. The van der Waals surface area contributed by atoms with E-state index in [1.165, 1.54) is 18.1 Å². The number of rotatable bonds is 2. The highest BCUT2D eigenvalue weighted by Gasteiger charge is 2.18. The Labute approximate surface area is 75.9 Å². The molecule has 0 N–H and O–H groups in total. The van der Waals surface area contributed by atoms with Gasteiger partial charge in [-0.15, -0.1) is 11.8 Å². The number of imidazole rings is 1.